The minimum absolute atomic E-state index is 0.103. The Bertz CT molecular complexity index is 942. The summed E-state index contributed by atoms with van der Waals surface area (Å²) in [6.07, 6.45) is 1.61. The lowest BCUT2D eigenvalue weighted by molar-refractivity contribution is 0.0957. The monoisotopic (exact) mass is 367 g/mol. The van der Waals surface area contributed by atoms with Gasteiger partial charge in [0.25, 0.3) is 5.91 Å². The zero-order valence-corrected chi connectivity index (χ0v) is 15.2. The maximum Gasteiger partial charge on any atom is 0.278 e. The molecular formula is C19H17N3O3S. The molecule has 1 atom stereocenters. The Balaban J connectivity index is 1.68. The zero-order chi connectivity index (χ0) is 18.1. The number of methoxy groups -OCH3 is 1. The first kappa shape index (κ1) is 16.5. The van der Waals surface area contributed by atoms with E-state index in [1.54, 1.807) is 23.6 Å². The fraction of sp³-hybridized carbons (Fsp3) is 0.211. The molecule has 0 saturated carbocycles. The van der Waals surface area contributed by atoms with E-state index >= 15 is 0 Å². The molecule has 7 heteroatoms. The molecule has 4 rings (SSSR count). The number of pyridine rings is 1. The predicted octanol–water partition coefficient (Wildman–Crippen LogP) is 3.64. The van der Waals surface area contributed by atoms with Gasteiger partial charge in [0.1, 0.15) is 28.3 Å². The number of nitrogens with zero attached hydrogens (tertiary/aromatic N) is 3. The first-order chi connectivity index (χ1) is 12.7. The van der Waals surface area contributed by atoms with Gasteiger partial charge in [0.2, 0.25) is 0 Å². The number of fused-ring (bicyclic) bond motifs is 1. The molecule has 1 aliphatic heterocycles. The SMILES string of the molecule is COc1ccc2c(c1)N(C(=O)c1csc(-c3ccccn3)n1)C[C@@H](C)O2. The van der Waals surface area contributed by atoms with E-state index in [1.165, 1.54) is 11.3 Å². The van der Waals surface area contributed by atoms with E-state index in [4.69, 9.17) is 9.47 Å². The minimum atomic E-state index is -0.159. The van der Waals surface area contributed by atoms with Crippen LogP contribution < -0.4 is 14.4 Å². The fourth-order valence-electron chi connectivity index (χ4n) is 2.85. The van der Waals surface area contributed by atoms with Crippen molar-refractivity contribution < 1.29 is 14.3 Å². The average Bonchev–Trinajstić information content (AvgIpc) is 3.17. The molecule has 132 valence electrons. The maximum atomic E-state index is 13.1. The predicted molar refractivity (Wildman–Crippen MR) is 100 cm³/mol. The number of hydrogen-bond acceptors (Lipinski definition) is 6. The van der Waals surface area contributed by atoms with Gasteiger partial charge >= 0.3 is 0 Å². The second-order valence-corrected chi connectivity index (χ2v) is 6.79. The van der Waals surface area contributed by atoms with Gasteiger partial charge in [-0.15, -0.1) is 11.3 Å². The van der Waals surface area contributed by atoms with E-state index in [9.17, 15) is 4.79 Å². The van der Waals surface area contributed by atoms with Crippen LogP contribution in [0.25, 0.3) is 10.7 Å². The standard InChI is InChI=1S/C19H17N3O3S/c1-12-10-22(16-9-13(24-2)6-7-17(16)25-12)19(23)15-11-26-18(21-15)14-5-3-4-8-20-14/h3-9,11-12H,10H2,1-2H3/t12-/m1/s1. The van der Waals surface area contributed by atoms with Crippen molar-refractivity contribution in [3.05, 3.63) is 53.7 Å². The quantitative estimate of drug-likeness (QED) is 0.707. The molecule has 3 heterocycles. The summed E-state index contributed by atoms with van der Waals surface area (Å²) >= 11 is 1.41. The van der Waals surface area contributed by atoms with Gasteiger partial charge in [0.15, 0.2) is 0 Å². The summed E-state index contributed by atoms with van der Waals surface area (Å²) in [6, 6.07) is 11.1. The molecule has 0 radical (unpaired) electrons. The number of ether oxygens (including phenoxy) is 2. The van der Waals surface area contributed by atoms with Crippen LogP contribution in [0.15, 0.2) is 48.0 Å². The van der Waals surface area contributed by atoms with Gasteiger partial charge in [0, 0.05) is 17.6 Å². The van der Waals surface area contributed by atoms with Gasteiger partial charge in [-0.25, -0.2) is 4.98 Å². The Morgan fingerprint density at radius 3 is 3.00 bits per heavy atom. The number of benzene rings is 1. The normalized spacial score (nSPS) is 15.9. The highest BCUT2D eigenvalue weighted by atomic mass is 32.1. The third-order valence-corrected chi connectivity index (χ3v) is 4.94. The van der Waals surface area contributed by atoms with Crippen molar-refractivity contribution >= 4 is 22.9 Å². The molecule has 0 N–H and O–H groups in total. The highest BCUT2D eigenvalue weighted by molar-refractivity contribution is 7.13. The van der Waals surface area contributed by atoms with E-state index in [0.717, 1.165) is 10.7 Å². The summed E-state index contributed by atoms with van der Waals surface area (Å²) < 4.78 is 11.1. The van der Waals surface area contributed by atoms with Crippen molar-refractivity contribution in [1.29, 1.82) is 0 Å². The Morgan fingerprint density at radius 1 is 1.35 bits per heavy atom. The molecule has 0 spiro atoms. The van der Waals surface area contributed by atoms with Crippen LogP contribution in [0.5, 0.6) is 11.5 Å². The van der Waals surface area contributed by atoms with Gasteiger partial charge in [-0.05, 0) is 31.2 Å². The maximum absolute atomic E-state index is 13.1. The zero-order valence-electron chi connectivity index (χ0n) is 14.4. The first-order valence-electron chi connectivity index (χ1n) is 8.19. The Labute approximate surface area is 155 Å². The topological polar surface area (TPSA) is 64.5 Å². The largest absolute Gasteiger partial charge is 0.497 e. The van der Waals surface area contributed by atoms with Crippen LogP contribution in [0.1, 0.15) is 17.4 Å². The second kappa shape index (κ2) is 6.76. The summed E-state index contributed by atoms with van der Waals surface area (Å²) in [4.78, 5) is 23.6. The smallest absolute Gasteiger partial charge is 0.278 e. The van der Waals surface area contributed by atoms with Crippen LogP contribution in [0.2, 0.25) is 0 Å². The average molecular weight is 367 g/mol. The van der Waals surface area contributed by atoms with Crippen LogP contribution in [-0.2, 0) is 0 Å². The highest BCUT2D eigenvalue weighted by Crippen LogP contribution is 2.37. The van der Waals surface area contributed by atoms with Crippen molar-refractivity contribution in [2.24, 2.45) is 0 Å². The lowest BCUT2D eigenvalue weighted by Crippen LogP contribution is -2.42. The van der Waals surface area contributed by atoms with E-state index < -0.39 is 0 Å². The number of aromatic nitrogens is 2. The molecule has 0 aliphatic carbocycles. The molecule has 0 saturated heterocycles. The molecule has 1 amide bonds. The molecule has 1 aliphatic rings. The van der Waals surface area contributed by atoms with Crippen molar-refractivity contribution in [3.63, 3.8) is 0 Å². The van der Waals surface area contributed by atoms with Crippen LogP contribution in [0, 0.1) is 0 Å². The van der Waals surface area contributed by atoms with E-state index in [-0.39, 0.29) is 12.0 Å². The molecule has 1 aromatic carbocycles. The number of hydrogen-bond donors (Lipinski definition) is 0. The van der Waals surface area contributed by atoms with Crippen LogP contribution in [0.3, 0.4) is 0 Å². The van der Waals surface area contributed by atoms with Crippen LogP contribution >= 0.6 is 11.3 Å². The number of amides is 1. The molecule has 0 unspecified atom stereocenters. The van der Waals surface area contributed by atoms with Crippen LogP contribution in [0.4, 0.5) is 5.69 Å². The molecule has 6 nitrogen and oxygen atoms in total. The number of rotatable bonds is 3. The molecule has 26 heavy (non-hydrogen) atoms. The molecule has 3 aromatic rings. The first-order valence-corrected chi connectivity index (χ1v) is 9.07. The summed E-state index contributed by atoms with van der Waals surface area (Å²) in [5, 5.41) is 2.49. The summed E-state index contributed by atoms with van der Waals surface area (Å²) in [7, 11) is 1.60. The Kier molecular flexibility index (Phi) is 4.30. The number of anilines is 1. The fourth-order valence-corrected chi connectivity index (χ4v) is 3.62. The van der Waals surface area contributed by atoms with Crippen molar-refractivity contribution in [3.8, 4) is 22.2 Å². The lowest BCUT2D eigenvalue weighted by Gasteiger charge is -2.33. The number of thiazole rings is 1. The third-order valence-electron chi connectivity index (χ3n) is 4.08. The third kappa shape index (κ3) is 3.01. The molecule has 2 aromatic heterocycles. The van der Waals surface area contributed by atoms with Crippen LogP contribution in [-0.4, -0.2) is 35.6 Å². The summed E-state index contributed by atoms with van der Waals surface area (Å²) in [5.41, 5.74) is 1.85. The molecule has 0 bridgehead atoms. The number of carbonyl (C=O) groups excluding carboxylic acids is 1. The van der Waals surface area contributed by atoms with Crippen molar-refractivity contribution in [1.82, 2.24) is 9.97 Å². The Morgan fingerprint density at radius 2 is 2.23 bits per heavy atom. The van der Waals surface area contributed by atoms with Gasteiger partial charge in [-0.3, -0.25) is 14.7 Å². The highest BCUT2D eigenvalue weighted by Gasteiger charge is 2.30. The van der Waals surface area contributed by atoms with E-state index in [0.29, 0.717) is 29.4 Å². The summed E-state index contributed by atoms with van der Waals surface area (Å²) in [5.74, 6) is 1.18. The van der Waals surface area contributed by atoms with Gasteiger partial charge in [0.05, 0.1) is 25.0 Å². The van der Waals surface area contributed by atoms with Gasteiger partial charge < -0.3 is 9.47 Å². The van der Waals surface area contributed by atoms with Crippen molar-refractivity contribution in [2.75, 3.05) is 18.6 Å². The second-order valence-electron chi connectivity index (χ2n) is 5.93. The summed E-state index contributed by atoms with van der Waals surface area (Å²) in [6.45, 7) is 2.39. The van der Waals surface area contributed by atoms with Gasteiger partial charge in [-0.2, -0.15) is 0 Å². The Hall–Kier alpha value is -2.93. The minimum Gasteiger partial charge on any atom is -0.497 e. The van der Waals surface area contributed by atoms with E-state index in [2.05, 4.69) is 9.97 Å². The molecule has 0 fully saturated rings. The van der Waals surface area contributed by atoms with Gasteiger partial charge in [-0.1, -0.05) is 6.07 Å². The van der Waals surface area contributed by atoms with Crippen molar-refractivity contribution in [2.45, 2.75) is 13.0 Å². The lowest BCUT2D eigenvalue weighted by atomic mass is 10.1. The molecular weight excluding hydrogens is 350 g/mol. The number of carbonyl (C=O) groups is 1. The van der Waals surface area contributed by atoms with E-state index in [1.807, 2.05) is 43.3 Å².